The molecule has 6 aromatic rings. The van der Waals surface area contributed by atoms with Gasteiger partial charge in [-0.2, -0.15) is 0 Å². The first-order valence-electron chi connectivity index (χ1n) is 10.2. The maximum absolute atomic E-state index is 6.12. The van der Waals surface area contributed by atoms with Gasteiger partial charge in [-0.3, -0.25) is 0 Å². The van der Waals surface area contributed by atoms with Crippen LogP contribution in [0.15, 0.2) is 89.3 Å². The summed E-state index contributed by atoms with van der Waals surface area (Å²) in [5, 5.41) is 4.88. The van der Waals surface area contributed by atoms with Crippen LogP contribution in [0.4, 0.5) is 0 Å². The molecule has 0 N–H and O–H groups in total. The minimum atomic E-state index is 0.923. The van der Waals surface area contributed by atoms with Crippen LogP contribution < -0.4 is 0 Å². The van der Waals surface area contributed by atoms with Gasteiger partial charge in [0.2, 0.25) is 0 Å². The van der Waals surface area contributed by atoms with E-state index in [9.17, 15) is 0 Å². The highest BCUT2D eigenvalue weighted by Gasteiger charge is 2.17. The summed E-state index contributed by atoms with van der Waals surface area (Å²) in [5.74, 6) is 0. The minimum Gasteiger partial charge on any atom is -0.456 e. The highest BCUT2D eigenvalue weighted by molar-refractivity contribution is 6.14. The van der Waals surface area contributed by atoms with E-state index in [0.717, 1.165) is 27.6 Å². The maximum Gasteiger partial charge on any atom is 0.137 e. The number of furan rings is 1. The number of fused-ring (bicyclic) bond motifs is 6. The first-order chi connectivity index (χ1) is 14.3. The van der Waals surface area contributed by atoms with Gasteiger partial charge in [-0.15, -0.1) is 0 Å². The van der Waals surface area contributed by atoms with Gasteiger partial charge >= 0.3 is 0 Å². The van der Waals surface area contributed by atoms with E-state index in [1.54, 1.807) is 0 Å². The van der Waals surface area contributed by atoms with Crippen molar-refractivity contribution in [1.29, 1.82) is 0 Å². The van der Waals surface area contributed by atoms with Gasteiger partial charge < -0.3 is 8.98 Å². The lowest BCUT2D eigenvalue weighted by atomic mass is 10.1. The van der Waals surface area contributed by atoms with Crippen LogP contribution >= 0.6 is 0 Å². The molecule has 0 radical (unpaired) electrons. The van der Waals surface area contributed by atoms with Crippen molar-refractivity contribution < 1.29 is 4.42 Å². The normalized spacial score (nSPS) is 11.3. The van der Waals surface area contributed by atoms with Gasteiger partial charge in [0.05, 0.1) is 22.1 Å². The molecule has 0 amide bonds. The highest BCUT2D eigenvalue weighted by atomic mass is 16.3. The van der Waals surface area contributed by atoms with Crippen LogP contribution in [0.5, 0.6) is 0 Å². The third-order valence-corrected chi connectivity index (χ3v) is 5.45. The van der Waals surface area contributed by atoms with Crippen molar-refractivity contribution in [2.45, 2.75) is 20.8 Å². The second kappa shape index (κ2) is 6.82. The molecule has 0 aliphatic heterocycles. The zero-order chi connectivity index (χ0) is 20.0. The molecule has 0 saturated carbocycles. The highest BCUT2D eigenvalue weighted by Crippen LogP contribution is 2.38. The van der Waals surface area contributed by atoms with Crippen molar-refractivity contribution in [2.24, 2.45) is 0 Å². The fourth-order valence-corrected chi connectivity index (χ4v) is 4.29. The molecular formula is C27H23NO. The Morgan fingerprint density at radius 3 is 2.17 bits per heavy atom. The molecule has 0 aliphatic rings. The van der Waals surface area contributed by atoms with Gasteiger partial charge in [-0.1, -0.05) is 67.9 Å². The van der Waals surface area contributed by atoms with E-state index in [0.29, 0.717) is 0 Å². The Balaban J connectivity index is 0.000000882. The van der Waals surface area contributed by atoms with Gasteiger partial charge in [0.25, 0.3) is 0 Å². The van der Waals surface area contributed by atoms with E-state index >= 15 is 0 Å². The fraction of sp³-hybridized carbons (Fsp3) is 0.111. The Bertz CT molecular complexity index is 1480. The smallest absolute Gasteiger partial charge is 0.137 e. The van der Waals surface area contributed by atoms with Crippen LogP contribution in [-0.2, 0) is 0 Å². The summed E-state index contributed by atoms with van der Waals surface area (Å²) in [6.45, 7) is 6.15. The molecule has 6 rings (SSSR count). The lowest BCUT2D eigenvalue weighted by Crippen LogP contribution is -1.94. The Morgan fingerprint density at radius 2 is 1.31 bits per heavy atom. The van der Waals surface area contributed by atoms with Gasteiger partial charge in [0.15, 0.2) is 0 Å². The monoisotopic (exact) mass is 377 g/mol. The van der Waals surface area contributed by atoms with Crippen molar-refractivity contribution in [3.05, 3.63) is 90.5 Å². The Labute approximate surface area is 170 Å². The number of hydrogen-bond acceptors (Lipinski definition) is 1. The van der Waals surface area contributed by atoms with Gasteiger partial charge in [-0.25, -0.2) is 0 Å². The molecule has 0 fully saturated rings. The van der Waals surface area contributed by atoms with Crippen LogP contribution in [0.25, 0.3) is 49.4 Å². The maximum atomic E-state index is 6.12. The van der Waals surface area contributed by atoms with Gasteiger partial charge in [-0.05, 0) is 43.3 Å². The van der Waals surface area contributed by atoms with E-state index in [1.165, 1.54) is 27.4 Å². The Hall–Kier alpha value is -3.52. The lowest BCUT2D eigenvalue weighted by Gasteiger charge is -2.09. The molecule has 2 nitrogen and oxygen atoms in total. The topological polar surface area (TPSA) is 18.1 Å². The lowest BCUT2D eigenvalue weighted by molar-refractivity contribution is 0.669. The van der Waals surface area contributed by atoms with Crippen LogP contribution in [0.2, 0.25) is 0 Å². The fourth-order valence-electron chi connectivity index (χ4n) is 4.29. The molecule has 0 bridgehead atoms. The standard InChI is InChI=1S/C25H17NO.C2H6/c1-16-13-14-21-19(15-16)17-7-2-4-9-20(17)26(21)22-10-6-12-24-25(22)18-8-3-5-11-23(18)27-24;1-2/h2-15H,1H3;1-2H3. The van der Waals surface area contributed by atoms with E-state index in [-0.39, 0.29) is 0 Å². The Kier molecular flexibility index (Phi) is 4.13. The molecule has 142 valence electrons. The number of rotatable bonds is 1. The Morgan fingerprint density at radius 1 is 0.621 bits per heavy atom. The van der Waals surface area contributed by atoms with E-state index in [1.807, 2.05) is 26.0 Å². The molecule has 0 atom stereocenters. The number of aromatic nitrogens is 1. The van der Waals surface area contributed by atoms with Crippen LogP contribution in [0.3, 0.4) is 0 Å². The van der Waals surface area contributed by atoms with Gasteiger partial charge in [0, 0.05) is 16.2 Å². The largest absolute Gasteiger partial charge is 0.456 e. The van der Waals surface area contributed by atoms with E-state index < -0.39 is 0 Å². The van der Waals surface area contributed by atoms with Crippen LogP contribution in [-0.4, -0.2) is 4.57 Å². The van der Waals surface area contributed by atoms with Gasteiger partial charge in [0.1, 0.15) is 11.2 Å². The summed E-state index contributed by atoms with van der Waals surface area (Å²) in [6.07, 6.45) is 0. The van der Waals surface area contributed by atoms with E-state index in [2.05, 4.69) is 84.3 Å². The average Bonchev–Trinajstić information content (AvgIpc) is 3.31. The average molecular weight is 377 g/mol. The van der Waals surface area contributed by atoms with Crippen molar-refractivity contribution in [3.8, 4) is 5.69 Å². The van der Waals surface area contributed by atoms with Crippen LogP contribution in [0.1, 0.15) is 19.4 Å². The number of aryl methyl sites for hydroxylation is 1. The SMILES string of the molecule is CC.Cc1ccc2c(c1)c1ccccc1n2-c1cccc2oc3ccccc3c12. The van der Waals surface area contributed by atoms with E-state index in [4.69, 9.17) is 4.42 Å². The number of para-hydroxylation sites is 2. The molecule has 2 aromatic heterocycles. The van der Waals surface area contributed by atoms with Crippen LogP contribution in [0, 0.1) is 6.92 Å². The second-order valence-corrected chi connectivity index (χ2v) is 7.12. The molecule has 0 saturated heterocycles. The summed E-state index contributed by atoms with van der Waals surface area (Å²) in [5.41, 5.74) is 6.73. The molecule has 2 heteroatoms. The number of nitrogens with zero attached hydrogens (tertiary/aromatic N) is 1. The zero-order valence-electron chi connectivity index (χ0n) is 16.9. The zero-order valence-corrected chi connectivity index (χ0v) is 16.9. The summed E-state index contributed by atoms with van der Waals surface area (Å²) in [4.78, 5) is 0. The van der Waals surface area contributed by atoms with Crippen molar-refractivity contribution in [3.63, 3.8) is 0 Å². The molecule has 0 unspecified atom stereocenters. The molecule has 4 aromatic carbocycles. The number of benzene rings is 4. The van der Waals surface area contributed by atoms with Crippen molar-refractivity contribution >= 4 is 43.7 Å². The van der Waals surface area contributed by atoms with Crippen molar-refractivity contribution in [1.82, 2.24) is 4.57 Å². The molecule has 29 heavy (non-hydrogen) atoms. The van der Waals surface area contributed by atoms with Crippen molar-refractivity contribution in [2.75, 3.05) is 0 Å². The second-order valence-electron chi connectivity index (χ2n) is 7.12. The quantitative estimate of drug-likeness (QED) is 0.284. The summed E-state index contributed by atoms with van der Waals surface area (Å²) < 4.78 is 8.49. The number of hydrogen-bond donors (Lipinski definition) is 0. The molecular weight excluding hydrogens is 354 g/mol. The summed E-state index contributed by atoms with van der Waals surface area (Å²) in [6, 6.07) is 29.9. The summed E-state index contributed by atoms with van der Waals surface area (Å²) >= 11 is 0. The minimum absolute atomic E-state index is 0.923. The molecule has 2 heterocycles. The predicted molar refractivity (Wildman–Crippen MR) is 124 cm³/mol. The molecule has 0 aliphatic carbocycles. The third kappa shape index (κ3) is 2.56. The third-order valence-electron chi connectivity index (χ3n) is 5.45. The first-order valence-corrected chi connectivity index (χ1v) is 10.2. The molecule has 0 spiro atoms. The first kappa shape index (κ1) is 17.6. The summed E-state index contributed by atoms with van der Waals surface area (Å²) in [7, 11) is 0. The predicted octanol–water partition coefficient (Wildman–Crippen LogP) is 8.02.